The summed E-state index contributed by atoms with van der Waals surface area (Å²) >= 11 is 0. The fourth-order valence-electron chi connectivity index (χ4n) is 2.72. The van der Waals surface area contributed by atoms with Crippen molar-refractivity contribution in [1.82, 2.24) is 24.7 Å². The fraction of sp³-hybridized carbons (Fsp3) is 0.0476. The van der Waals surface area contributed by atoms with E-state index >= 15 is 0 Å². The molecule has 0 spiro atoms. The van der Waals surface area contributed by atoms with Crippen LogP contribution in [-0.2, 0) is 6.54 Å². The third kappa shape index (κ3) is 3.89. The molecule has 0 amide bonds. The van der Waals surface area contributed by atoms with Crippen LogP contribution in [0.2, 0.25) is 0 Å². The van der Waals surface area contributed by atoms with Gasteiger partial charge in [0.1, 0.15) is 5.75 Å². The highest BCUT2D eigenvalue weighted by atomic mass is 16.5. The first-order valence-electron chi connectivity index (χ1n) is 8.92. The lowest BCUT2D eigenvalue weighted by molar-refractivity contribution is 0.479. The zero-order valence-electron chi connectivity index (χ0n) is 15.6. The molecule has 146 valence electrons. The summed E-state index contributed by atoms with van der Waals surface area (Å²) in [4.78, 5) is 20.7. The number of nitrogens with two attached hydrogens (primary N) is 1. The Balaban J connectivity index is 1.74. The van der Waals surface area contributed by atoms with Crippen LogP contribution < -0.4 is 16.0 Å². The van der Waals surface area contributed by atoms with Crippen LogP contribution in [-0.4, -0.2) is 24.7 Å². The summed E-state index contributed by atoms with van der Waals surface area (Å²) in [5.41, 5.74) is 7.16. The third-order valence-corrected chi connectivity index (χ3v) is 4.21. The number of nitrogens with zero attached hydrogens (tertiary/aromatic N) is 6. The van der Waals surface area contributed by atoms with E-state index in [4.69, 9.17) is 10.5 Å². The second kappa shape index (κ2) is 8.30. The Bertz CT molecular complexity index is 1290. The van der Waals surface area contributed by atoms with Crippen LogP contribution in [0.25, 0.3) is 17.2 Å². The molecule has 9 nitrogen and oxygen atoms in total. The molecule has 0 saturated heterocycles. The maximum Gasteiger partial charge on any atom is 0.256 e. The zero-order chi connectivity index (χ0) is 20.9. The van der Waals surface area contributed by atoms with E-state index in [1.807, 2.05) is 0 Å². The average Bonchev–Trinajstić information content (AvgIpc) is 2.79. The van der Waals surface area contributed by atoms with Crippen molar-refractivity contribution >= 4 is 0 Å². The molecule has 0 aliphatic heterocycles. The Morgan fingerprint density at radius 2 is 1.93 bits per heavy atom. The molecule has 0 fully saturated rings. The number of hydrogen-bond acceptors (Lipinski definition) is 8. The van der Waals surface area contributed by atoms with Crippen LogP contribution in [0.15, 0.2) is 72.0 Å². The standard InChI is InChI=1S/C21H15N7O2/c22-9-14-4-5-17(21-24-11-15(10-23)12-25-21)18(7-14)30-16-8-19(27-26-13-16)28-6-2-1-3-20(28)29/h1-8,11-13H,10,23H2. The molecule has 2 N–H and O–H groups in total. The molecule has 4 rings (SSSR count). The number of rotatable bonds is 5. The third-order valence-electron chi connectivity index (χ3n) is 4.21. The van der Waals surface area contributed by atoms with Gasteiger partial charge in [0.15, 0.2) is 17.4 Å². The largest absolute Gasteiger partial charge is 0.455 e. The molecule has 3 aromatic heterocycles. The zero-order valence-corrected chi connectivity index (χ0v) is 15.6. The van der Waals surface area contributed by atoms with E-state index in [1.165, 1.54) is 16.8 Å². The lowest BCUT2D eigenvalue weighted by atomic mass is 10.1. The average molecular weight is 397 g/mol. The van der Waals surface area contributed by atoms with Crippen LogP contribution in [0.1, 0.15) is 11.1 Å². The predicted octanol–water partition coefficient (Wildman–Crippen LogP) is 2.21. The van der Waals surface area contributed by atoms with E-state index in [0.717, 1.165) is 5.56 Å². The molecule has 0 atom stereocenters. The Hall–Kier alpha value is -4.42. The van der Waals surface area contributed by atoms with Gasteiger partial charge in [-0.3, -0.25) is 9.36 Å². The van der Waals surface area contributed by atoms with Gasteiger partial charge in [-0.05, 0) is 24.3 Å². The fourth-order valence-corrected chi connectivity index (χ4v) is 2.72. The van der Waals surface area contributed by atoms with E-state index in [2.05, 4.69) is 26.2 Å². The lowest BCUT2D eigenvalue weighted by Gasteiger charge is -2.12. The summed E-state index contributed by atoms with van der Waals surface area (Å²) < 4.78 is 7.34. The van der Waals surface area contributed by atoms with Crippen molar-refractivity contribution in [2.45, 2.75) is 6.54 Å². The van der Waals surface area contributed by atoms with Gasteiger partial charge >= 0.3 is 0 Å². The molecule has 0 unspecified atom stereocenters. The molecule has 3 heterocycles. The first-order chi connectivity index (χ1) is 14.7. The highest BCUT2D eigenvalue weighted by molar-refractivity contribution is 5.66. The predicted molar refractivity (Wildman–Crippen MR) is 108 cm³/mol. The van der Waals surface area contributed by atoms with Gasteiger partial charge in [-0.15, -0.1) is 5.10 Å². The van der Waals surface area contributed by atoms with Crippen LogP contribution in [0.5, 0.6) is 11.5 Å². The van der Waals surface area contributed by atoms with Crippen molar-refractivity contribution in [3.63, 3.8) is 0 Å². The van der Waals surface area contributed by atoms with Gasteiger partial charge in [-0.25, -0.2) is 9.97 Å². The number of hydrogen-bond donors (Lipinski definition) is 1. The second-order valence-corrected chi connectivity index (χ2v) is 6.20. The minimum atomic E-state index is -0.246. The number of nitriles is 1. The molecule has 0 aliphatic carbocycles. The number of ether oxygens (including phenoxy) is 1. The minimum absolute atomic E-state index is 0.246. The van der Waals surface area contributed by atoms with Gasteiger partial charge in [-0.1, -0.05) is 6.07 Å². The summed E-state index contributed by atoms with van der Waals surface area (Å²) in [6.45, 7) is 0.335. The number of pyridine rings is 1. The Kier molecular flexibility index (Phi) is 5.23. The van der Waals surface area contributed by atoms with Crippen LogP contribution in [0, 0.1) is 11.3 Å². The van der Waals surface area contributed by atoms with Gasteiger partial charge in [0, 0.05) is 42.8 Å². The maximum absolute atomic E-state index is 12.1. The topological polar surface area (TPSA) is 133 Å². The van der Waals surface area contributed by atoms with Crippen LogP contribution in [0.4, 0.5) is 0 Å². The number of benzene rings is 1. The van der Waals surface area contributed by atoms with Gasteiger partial charge in [-0.2, -0.15) is 10.4 Å². The van der Waals surface area contributed by atoms with E-state index in [-0.39, 0.29) is 5.56 Å². The van der Waals surface area contributed by atoms with Crippen molar-refractivity contribution in [3.05, 3.63) is 88.7 Å². The summed E-state index contributed by atoms with van der Waals surface area (Å²) in [6.07, 6.45) is 6.28. The molecule has 30 heavy (non-hydrogen) atoms. The summed E-state index contributed by atoms with van der Waals surface area (Å²) in [5.74, 6) is 1.44. The maximum atomic E-state index is 12.1. The number of aromatic nitrogens is 5. The Morgan fingerprint density at radius 3 is 2.67 bits per heavy atom. The smallest absolute Gasteiger partial charge is 0.256 e. The van der Waals surface area contributed by atoms with Crippen molar-refractivity contribution in [2.24, 2.45) is 5.73 Å². The minimum Gasteiger partial charge on any atom is -0.455 e. The van der Waals surface area contributed by atoms with Crippen molar-refractivity contribution in [1.29, 1.82) is 5.26 Å². The normalized spacial score (nSPS) is 10.4. The highest BCUT2D eigenvalue weighted by Crippen LogP contribution is 2.32. The van der Waals surface area contributed by atoms with Crippen molar-refractivity contribution in [3.8, 4) is 34.8 Å². The summed E-state index contributed by atoms with van der Waals surface area (Å²) in [7, 11) is 0. The highest BCUT2D eigenvalue weighted by Gasteiger charge is 2.13. The first kappa shape index (κ1) is 18.9. The van der Waals surface area contributed by atoms with Gasteiger partial charge < -0.3 is 10.5 Å². The van der Waals surface area contributed by atoms with E-state index in [0.29, 0.717) is 40.8 Å². The molecule has 1 aromatic carbocycles. The van der Waals surface area contributed by atoms with Crippen molar-refractivity contribution < 1.29 is 4.74 Å². The lowest BCUT2D eigenvalue weighted by Crippen LogP contribution is -2.17. The van der Waals surface area contributed by atoms with Crippen LogP contribution >= 0.6 is 0 Å². The Labute approximate surface area is 171 Å². The SMILES string of the molecule is N#Cc1ccc(-c2ncc(CN)cn2)c(Oc2cnnc(-n3ccccc3=O)c2)c1. The van der Waals surface area contributed by atoms with E-state index < -0.39 is 0 Å². The summed E-state index contributed by atoms with van der Waals surface area (Å²) in [6, 6.07) is 13.4. The molecular formula is C21H15N7O2. The van der Waals surface area contributed by atoms with Gasteiger partial charge in [0.05, 0.1) is 23.4 Å². The second-order valence-electron chi connectivity index (χ2n) is 6.20. The van der Waals surface area contributed by atoms with Gasteiger partial charge in [0.25, 0.3) is 5.56 Å². The molecule has 0 radical (unpaired) electrons. The molecule has 0 bridgehead atoms. The van der Waals surface area contributed by atoms with Crippen molar-refractivity contribution in [2.75, 3.05) is 0 Å². The molecule has 0 aliphatic rings. The molecular weight excluding hydrogens is 382 g/mol. The molecule has 0 saturated carbocycles. The van der Waals surface area contributed by atoms with E-state index in [9.17, 15) is 10.1 Å². The Morgan fingerprint density at radius 1 is 1.10 bits per heavy atom. The monoisotopic (exact) mass is 397 g/mol. The van der Waals surface area contributed by atoms with E-state index in [1.54, 1.807) is 55.0 Å². The quantitative estimate of drug-likeness (QED) is 0.542. The summed E-state index contributed by atoms with van der Waals surface area (Å²) in [5, 5.41) is 17.2. The first-order valence-corrected chi connectivity index (χ1v) is 8.92. The molecule has 4 aromatic rings. The molecule has 9 heteroatoms. The van der Waals surface area contributed by atoms with Crippen LogP contribution in [0.3, 0.4) is 0 Å². The van der Waals surface area contributed by atoms with Gasteiger partial charge in [0.2, 0.25) is 0 Å².